The average Bonchev–Trinajstić information content (AvgIpc) is 3.04. The molecule has 1 aliphatic heterocycles. The van der Waals surface area contributed by atoms with Crippen LogP contribution in [0, 0.1) is 18.6 Å². The van der Waals surface area contributed by atoms with Crippen LogP contribution in [0.5, 0.6) is 0 Å². The molecule has 1 aromatic carbocycles. The molecular formula is C19H16ClF2N3O. The second-order valence-corrected chi connectivity index (χ2v) is 6.85. The molecule has 1 N–H and O–H groups in total. The first-order chi connectivity index (χ1) is 12.4. The average molecular weight is 376 g/mol. The molecule has 1 fully saturated rings. The number of anilines is 1. The molecule has 0 spiro atoms. The van der Waals surface area contributed by atoms with Gasteiger partial charge in [0.2, 0.25) is 0 Å². The van der Waals surface area contributed by atoms with Gasteiger partial charge in [-0.3, -0.25) is 0 Å². The molecule has 3 heterocycles. The molecule has 1 saturated heterocycles. The number of aliphatic hydroxyl groups is 1. The molecule has 4 nitrogen and oxygen atoms in total. The number of hydrogen-bond donors (Lipinski definition) is 1. The van der Waals surface area contributed by atoms with Crippen LogP contribution in [0.2, 0.25) is 5.02 Å². The quantitative estimate of drug-likeness (QED) is 0.732. The summed E-state index contributed by atoms with van der Waals surface area (Å²) in [5.74, 6) is -0.658. The maximum atomic E-state index is 14.1. The van der Waals surface area contributed by atoms with Crippen molar-refractivity contribution in [3.8, 4) is 11.3 Å². The van der Waals surface area contributed by atoms with Crippen molar-refractivity contribution in [1.29, 1.82) is 0 Å². The Morgan fingerprint density at radius 1 is 1.27 bits per heavy atom. The van der Waals surface area contributed by atoms with Gasteiger partial charge in [0.1, 0.15) is 17.5 Å². The second-order valence-electron chi connectivity index (χ2n) is 6.47. The van der Waals surface area contributed by atoms with Crippen molar-refractivity contribution in [2.24, 2.45) is 0 Å². The summed E-state index contributed by atoms with van der Waals surface area (Å²) in [5.41, 5.74) is 2.02. The second kappa shape index (κ2) is 6.45. The van der Waals surface area contributed by atoms with Crippen LogP contribution in [-0.2, 0) is 0 Å². The van der Waals surface area contributed by atoms with Gasteiger partial charge in [0.05, 0.1) is 27.7 Å². The minimum Gasteiger partial charge on any atom is -0.391 e. The standard InChI is InChI=1S/C19H16ClF2N3O/c1-10-18(20)17-14(22)6-12(21)7-15(17)24-19(10)11-2-3-16(23-8-11)25-5-4-13(26)9-25/h2-3,6-8,13,26H,4-5,9H2,1H3. The molecule has 7 heteroatoms. The lowest BCUT2D eigenvalue weighted by atomic mass is 10.0. The van der Waals surface area contributed by atoms with Crippen molar-refractivity contribution in [1.82, 2.24) is 9.97 Å². The zero-order chi connectivity index (χ0) is 18.4. The molecule has 2 aromatic heterocycles. The largest absolute Gasteiger partial charge is 0.391 e. The number of aliphatic hydroxyl groups excluding tert-OH is 1. The monoisotopic (exact) mass is 375 g/mol. The van der Waals surface area contributed by atoms with Gasteiger partial charge in [-0.25, -0.2) is 18.7 Å². The molecule has 1 aliphatic rings. The Balaban J connectivity index is 1.78. The third-order valence-corrected chi connectivity index (χ3v) is 5.15. The number of hydrogen-bond acceptors (Lipinski definition) is 4. The van der Waals surface area contributed by atoms with Crippen LogP contribution in [0.4, 0.5) is 14.6 Å². The van der Waals surface area contributed by atoms with E-state index >= 15 is 0 Å². The Hall–Kier alpha value is -2.31. The predicted molar refractivity (Wildman–Crippen MR) is 97.5 cm³/mol. The van der Waals surface area contributed by atoms with Gasteiger partial charge in [0, 0.05) is 37.0 Å². The van der Waals surface area contributed by atoms with E-state index in [2.05, 4.69) is 9.97 Å². The van der Waals surface area contributed by atoms with Crippen molar-refractivity contribution in [2.75, 3.05) is 18.0 Å². The Morgan fingerprint density at radius 3 is 2.73 bits per heavy atom. The Morgan fingerprint density at radius 2 is 2.08 bits per heavy atom. The fourth-order valence-electron chi connectivity index (χ4n) is 3.31. The summed E-state index contributed by atoms with van der Waals surface area (Å²) < 4.78 is 27.6. The van der Waals surface area contributed by atoms with Crippen LogP contribution in [0.1, 0.15) is 12.0 Å². The van der Waals surface area contributed by atoms with E-state index in [0.29, 0.717) is 23.4 Å². The minimum absolute atomic E-state index is 0.116. The van der Waals surface area contributed by atoms with Crippen LogP contribution in [-0.4, -0.2) is 34.3 Å². The first kappa shape index (κ1) is 17.1. The van der Waals surface area contributed by atoms with Crippen molar-refractivity contribution in [3.05, 3.63) is 52.7 Å². The van der Waals surface area contributed by atoms with Crippen molar-refractivity contribution in [3.63, 3.8) is 0 Å². The third kappa shape index (κ3) is 2.89. The highest BCUT2D eigenvalue weighted by molar-refractivity contribution is 6.36. The van der Waals surface area contributed by atoms with Crippen LogP contribution in [0.3, 0.4) is 0 Å². The number of benzene rings is 1. The highest BCUT2D eigenvalue weighted by Crippen LogP contribution is 2.35. The fourth-order valence-corrected chi connectivity index (χ4v) is 3.58. The van der Waals surface area contributed by atoms with Gasteiger partial charge in [0.25, 0.3) is 0 Å². The van der Waals surface area contributed by atoms with E-state index < -0.39 is 11.6 Å². The first-order valence-electron chi connectivity index (χ1n) is 8.28. The number of nitrogens with zero attached hydrogens (tertiary/aromatic N) is 3. The molecule has 4 rings (SSSR count). The van der Waals surface area contributed by atoms with E-state index in [9.17, 15) is 13.9 Å². The van der Waals surface area contributed by atoms with Gasteiger partial charge in [-0.05, 0) is 31.0 Å². The van der Waals surface area contributed by atoms with E-state index in [4.69, 9.17) is 11.6 Å². The molecule has 26 heavy (non-hydrogen) atoms. The molecule has 0 saturated carbocycles. The molecule has 1 unspecified atom stereocenters. The smallest absolute Gasteiger partial charge is 0.137 e. The molecule has 1 atom stereocenters. The van der Waals surface area contributed by atoms with Gasteiger partial charge in [0.15, 0.2) is 0 Å². The van der Waals surface area contributed by atoms with Gasteiger partial charge in [-0.15, -0.1) is 0 Å². The molecule has 0 aliphatic carbocycles. The third-order valence-electron chi connectivity index (χ3n) is 4.68. The zero-order valence-corrected chi connectivity index (χ0v) is 14.8. The van der Waals surface area contributed by atoms with E-state index in [1.54, 1.807) is 13.1 Å². The fraction of sp³-hybridized carbons (Fsp3) is 0.263. The highest BCUT2D eigenvalue weighted by Gasteiger charge is 2.22. The van der Waals surface area contributed by atoms with Crippen molar-refractivity contribution >= 4 is 28.3 Å². The highest BCUT2D eigenvalue weighted by atomic mass is 35.5. The van der Waals surface area contributed by atoms with Gasteiger partial charge < -0.3 is 10.0 Å². The number of aromatic nitrogens is 2. The number of fused-ring (bicyclic) bond motifs is 1. The van der Waals surface area contributed by atoms with Crippen molar-refractivity contribution in [2.45, 2.75) is 19.4 Å². The Bertz CT molecular complexity index is 994. The van der Waals surface area contributed by atoms with Gasteiger partial charge in [-0.2, -0.15) is 0 Å². The lowest BCUT2D eigenvalue weighted by Gasteiger charge is -2.17. The van der Waals surface area contributed by atoms with E-state index in [-0.39, 0.29) is 22.0 Å². The predicted octanol–water partition coefficient (Wildman–Crippen LogP) is 4.11. The van der Waals surface area contributed by atoms with Crippen LogP contribution < -0.4 is 4.90 Å². The molecule has 0 amide bonds. The Kier molecular flexibility index (Phi) is 4.25. The topological polar surface area (TPSA) is 49.2 Å². The summed E-state index contributed by atoms with van der Waals surface area (Å²) in [6.07, 6.45) is 2.05. The van der Waals surface area contributed by atoms with Crippen molar-refractivity contribution < 1.29 is 13.9 Å². The van der Waals surface area contributed by atoms with Crippen LogP contribution in [0.15, 0.2) is 30.5 Å². The number of halogens is 3. The first-order valence-corrected chi connectivity index (χ1v) is 8.66. The summed E-state index contributed by atoms with van der Waals surface area (Å²) in [7, 11) is 0. The lowest BCUT2D eigenvalue weighted by molar-refractivity contribution is 0.198. The SMILES string of the molecule is Cc1c(-c2ccc(N3CCC(O)C3)nc2)nc2cc(F)cc(F)c2c1Cl. The van der Waals surface area contributed by atoms with Gasteiger partial charge >= 0.3 is 0 Å². The normalized spacial score (nSPS) is 17.3. The lowest BCUT2D eigenvalue weighted by Crippen LogP contribution is -2.21. The van der Waals surface area contributed by atoms with Crippen LogP contribution in [0.25, 0.3) is 22.2 Å². The summed E-state index contributed by atoms with van der Waals surface area (Å²) >= 11 is 6.33. The number of β-amino-alcohol motifs (C(OH)–C–C–N with tert-alkyl or cyclic N) is 1. The van der Waals surface area contributed by atoms with Gasteiger partial charge in [-0.1, -0.05) is 11.6 Å². The maximum absolute atomic E-state index is 14.1. The molecule has 0 bridgehead atoms. The van der Waals surface area contributed by atoms with E-state index in [1.165, 1.54) is 6.07 Å². The summed E-state index contributed by atoms with van der Waals surface area (Å²) in [6, 6.07) is 5.66. The molecule has 0 radical (unpaired) electrons. The minimum atomic E-state index is -0.729. The summed E-state index contributed by atoms with van der Waals surface area (Å²) in [6.45, 7) is 3.06. The molecular weight excluding hydrogens is 360 g/mol. The molecule has 3 aromatic rings. The van der Waals surface area contributed by atoms with E-state index in [0.717, 1.165) is 24.8 Å². The number of rotatable bonds is 2. The maximum Gasteiger partial charge on any atom is 0.137 e. The summed E-state index contributed by atoms with van der Waals surface area (Å²) in [5, 5.41) is 9.98. The van der Waals surface area contributed by atoms with E-state index in [1.807, 2.05) is 17.0 Å². The molecule has 134 valence electrons. The Labute approximate surface area is 154 Å². The number of pyridine rings is 2. The van der Waals surface area contributed by atoms with Crippen LogP contribution >= 0.6 is 11.6 Å². The summed E-state index contributed by atoms with van der Waals surface area (Å²) in [4.78, 5) is 10.9. The zero-order valence-electron chi connectivity index (χ0n) is 14.0.